The lowest BCUT2D eigenvalue weighted by Gasteiger charge is -2.03. The van der Waals surface area contributed by atoms with Gasteiger partial charge in [-0.15, -0.1) is 0 Å². The average Bonchev–Trinajstić information content (AvgIpc) is 3.02. The number of hydroxylamine groups is 1. The molecule has 1 aliphatic carbocycles. The van der Waals surface area contributed by atoms with Crippen LogP contribution < -0.4 is 5.48 Å². The Labute approximate surface area is 104 Å². The zero-order valence-corrected chi connectivity index (χ0v) is 10.2. The van der Waals surface area contributed by atoms with E-state index in [9.17, 15) is 4.79 Å². The minimum Gasteiger partial charge on any atom is -0.277 e. The van der Waals surface area contributed by atoms with E-state index in [4.69, 9.17) is 23.2 Å². The monoisotopic (exact) mass is 259 g/mol. The Kier molecular flexibility index (Phi) is 3.38. The molecule has 3 nitrogen and oxygen atoms in total. The highest BCUT2D eigenvalue weighted by Gasteiger charge is 2.44. The van der Waals surface area contributed by atoms with Crippen LogP contribution in [0.3, 0.4) is 0 Å². The van der Waals surface area contributed by atoms with Crippen molar-refractivity contribution in [2.75, 3.05) is 7.11 Å². The fourth-order valence-electron chi connectivity index (χ4n) is 1.77. The van der Waals surface area contributed by atoms with E-state index in [2.05, 4.69) is 10.3 Å². The molecule has 1 fully saturated rings. The quantitative estimate of drug-likeness (QED) is 0.848. The second kappa shape index (κ2) is 4.62. The summed E-state index contributed by atoms with van der Waals surface area (Å²) in [6.07, 6.45) is 0.827. The topological polar surface area (TPSA) is 38.3 Å². The zero-order valence-electron chi connectivity index (χ0n) is 8.67. The fraction of sp³-hybridized carbons (Fsp3) is 0.364. The summed E-state index contributed by atoms with van der Waals surface area (Å²) in [7, 11) is 1.43. The molecule has 1 saturated carbocycles. The van der Waals surface area contributed by atoms with E-state index in [1.807, 2.05) is 12.1 Å². The van der Waals surface area contributed by atoms with Gasteiger partial charge in [0.1, 0.15) is 0 Å². The first-order chi connectivity index (χ1) is 7.63. The molecule has 0 aromatic heterocycles. The van der Waals surface area contributed by atoms with E-state index < -0.39 is 0 Å². The van der Waals surface area contributed by atoms with Crippen molar-refractivity contribution in [1.82, 2.24) is 5.48 Å². The molecular weight excluding hydrogens is 249 g/mol. The minimum absolute atomic E-state index is 0.0165. The van der Waals surface area contributed by atoms with Crippen LogP contribution in [0.4, 0.5) is 0 Å². The summed E-state index contributed by atoms with van der Waals surface area (Å²) in [5.74, 6) is 0.126. The molecule has 0 radical (unpaired) electrons. The lowest BCUT2D eigenvalue weighted by Crippen LogP contribution is -2.23. The highest BCUT2D eigenvalue weighted by molar-refractivity contribution is 6.42. The SMILES string of the molecule is CONC(=O)[C@@H]1C[C@H]1c1ccc(Cl)c(Cl)c1. The van der Waals surface area contributed by atoms with Crippen LogP contribution in [0.1, 0.15) is 17.9 Å². The molecule has 1 aromatic rings. The number of hydrogen-bond donors (Lipinski definition) is 1. The smallest absolute Gasteiger partial charge is 0.247 e. The number of hydrogen-bond acceptors (Lipinski definition) is 2. The number of rotatable bonds is 3. The first-order valence-electron chi connectivity index (χ1n) is 4.91. The van der Waals surface area contributed by atoms with Crippen LogP contribution in [0.25, 0.3) is 0 Å². The van der Waals surface area contributed by atoms with Gasteiger partial charge in [-0.2, -0.15) is 0 Å². The zero-order chi connectivity index (χ0) is 11.7. The van der Waals surface area contributed by atoms with Gasteiger partial charge in [0.15, 0.2) is 0 Å². The maximum absolute atomic E-state index is 11.4. The maximum atomic E-state index is 11.4. The summed E-state index contributed by atoms with van der Waals surface area (Å²) in [5.41, 5.74) is 3.38. The highest BCUT2D eigenvalue weighted by Crippen LogP contribution is 2.48. The summed E-state index contributed by atoms with van der Waals surface area (Å²) in [6.45, 7) is 0. The Balaban J connectivity index is 2.06. The van der Waals surface area contributed by atoms with Crippen LogP contribution in [0.2, 0.25) is 10.0 Å². The first-order valence-corrected chi connectivity index (χ1v) is 5.67. The molecule has 86 valence electrons. The lowest BCUT2D eigenvalue weighted by atomic mass is 10.1. The largest absolute Gasteiger partial charge is 0.277 e. The van der Waals surface area contributed by atoms with Gasteiger partial charge in [0.25, 0.3) is 0 Å². The van der Waals surface area contributed by atoms with Gasteiger partial charge in [-0.05, 0) is 30.0 Å². The minimum atomic E-state index is -0.0847. The Morgan fingerprint density at radius 1 is 1.44 bits per heavy atom. The van der Waals surface area contributed by atoms with Crippen LogP contribution in [0.15, 0.2) is 18.2 Å². The number of halogens is 2. The van der Waals surface area contributed by atoms with E-state index in [-0.39, 0.29) is 17.7 Å². The lowest BCUT2D eigenvalue weighted by molar-refractivity contribution is -0.132. The van der Waals surface area contributed by atoms with E-state index in [1.165, 1.54) is 7.11 Å². The van der Waals surface area contributed by atoms with Gasteiger partial charge >= 0.3 is 0 Å². The molecule has 0 heterocycles. The van der Waals surface area contributed by atoms with Gasteiger partial charge in [-0.3, -0.25) is 9.63 Å². The normalized spacial score (nSPS) is 22.9. The van der Waals surface area contributed by atoms with Crippen LogP contribution in [0, 0.1) is 5.92 Å². The van der Waals surface area contributed by atoms with E-state index >= 15 is 0 Å². The van der Waals surface area contributed by atoms with Crippen LogP contribution in [-0.4, -0.2) is 13.0 Å². The van der Waals surface area contributed by atoms with Crippen LogP contribution in [-0.2, 0) is 9.63 Å². The molecule has 0 bridgehead atoms. The molecule has 1 aromatic carbocycles. The third kappa shape index (κ3) is 2.32. The van der Waals surface area contributed by atoms with Crippen molar-refractivity contribution < 1.29 is 9.63 Å². The molecule has 1 aliphatic rings. The molecule has 5 heteroatoms. The number of nitrogens with one attached hydrogen (secondary N) is 1. The van der Waals surface area contributed by atoms with E-state index in [0.717, 1.165) is 12.0 Å². The van der Waals surface area contributed by atoms with E-state index in [0.29, 0.717) is 10.0 Å². The van der Waals surface area contributed by atoms with E-state index in [1.54, 1.807) is 6.07 Å². The first kappa shape index (κ1) is 11.7. The van der Waals surface area contributed by atoms with Gasteiger partial charge < -0.3 is 0 Å². The van der Waals surface area contributed by atoms with Crippen molar-refractivity contribution in [2.24, 2.45) is 5.92 Å². The second-order valence-electron chi connectivity index (χ2n) is 3.79. The van der Waals surface area contributed by atoms with Gasteiger partial charge in [0.05, 0.1) is 17.2 Å². The predicted octanol–water partition coefficient (Wildman–Crippen LogP) is 2.77. The predicted molar refractivity (Wildman–Crippen MR) is 62.5 cm³/mol. The summed E-state index contributed by atoms with van der Waals surface area (Å²) in [4.78, 5) is 16.0. The molecule has 0 aliphatic heterocycles. The summed E-state index contributed by atoms with van der Waals surface area (Å²) >= 11 is 11.7. The third-order valence-electron chi connectivity index (χ3n) is 2.70. The third-order valence-corrected chi connectivity index (χ3v) is 3.44. The van der Waals surface area contributed by atoms with Gasteiger partial charge in [0, 0.05) is 5.92 Å². The van der Waals surface area contributed by atoms with Crippen molar-refractivity contribution in [3.05, 3.63) is 33.8 Å². The molecule has 0 spiro atoms. The number of benzene rings is 1. The molecule has 16 heavy (non-hydrogen) atoms. The number of carbonyl (C=O) groups excluding carboxylic acids is 1. The maximum Gasteiger partial charge on any atom is 0.247 e. The summed E-state index contributed by atoms with van der Waals surface area (Å²) in [5, 5.41) is 1.06. The molecule has 2 rings (SSSR count). The van der Waals surface area contributed by atoms with Crippen molar-refractivity contribution in [3.8, 4) is 0 Å². The van der Waals surface area contributed by atoms with Gasteiger partial charge in [0.2, 0.25) is 5.91 Å². The Bertz CT molecular complexity index is 422. The van der Waals surface area contributed by atoms with Crippen molar-refractivity contribution >= 4 is 29.1 Å². The molecule has 0 saturated heterocycles. The molecule has 1 amide bonds. The van der Waals surface area contributed by atoms with Crippen LogP contribution in [0.5, 0.6) is 0 Å². The van der Waals surface area contributed by atoms with Crippen molar-refractivity contribution in [3.63, 3.8) is 0 Å². The molecule has 0 unspecified atom stereocenters. The highest BCUT2D eigenvalue weighted by atomic mass is 35.5. The van der Waals surface area contributed by atoms with Crippen molar-refractivity contribution in [2.45, 2.75) is 12.3 Å². The van der Waals surface area contributed by atoms with Crippen molar-refractivity contribution in [1.29, 1.82) is 0 Å². The number of amides is 1. The fourth-order valence-corrected chi connectivity index (χ4v) is 2.08. The Hall–Kier alpha value is -0.770. The molecule has 1 N–H and O–H groups in total. The Morgan fingerprint density at radius 3 is 2.81 bits per heavy atom. The number of carbonyl (C=O) groups is 1. The second-order valence-corrected chi connectivity index (χ2v) is 4.61. The van der Waals surface area contributed by atoms with Gasteiger partial charge in [-0.1, -0.05) is 29.3 Å². The standard InChI is InChI=1S/C11H11Cl2NO2/c1-16-14-11(15)8-5-7(8)6-2-3-9(12)10(13)4-6/h2-4,7-8H,5H2,1H3,(H,14,15)/t7-,8+/m0/s1. The van der Waals surface area contributed by atoms with Crippen LogP contribution >= 0.6 is 23.2 Å². The summed E-state index contributed by atoms with van der Waals surface area (Å²) < 4.78 is 0. The van der Waals surface area contributed by atoms with Gasteiger partial charge in [-0.25, -0.2) is 5.48 Å². The molecule has 2 atom stereocenters. The molecular formula is C11H11Cl2NO2. The Morgan fingerprint density at radius 2 is 2.19 bits per heavy atom. The average molecular weight is 260 g/mol. The summed E-state index contributed by atoms with van der Waals surface area (Å²) in [6, 6.07) is 5.47.